The van der Waals surface area contributed by atoms with Crippen LogP contribution in [-0.4, -0.2) is 6.41 Å². The van der Waals surface area contributed by atoms with E-state index in [-0.39, 0.29) is 68.1 Å². The summed E-state index contributed by atoms with van der Waals surface area (Å²) in [5.41, 5.74) is 32.5. The molecular weight excluding hydrogens is 1650 g/mol. The van der Waals surface area contributed by atoms with Crippen molar-refractivity contribution in [1.29, 1.82) is 0 Å². The molecule has 0 aliphatic heterocycles. The van der Waals surface area contributed by atoms with Crippen LogP contribution in [0.25, 0.3) is 22.3 Å². The van der Waals surface area contributed by atoms with Gasteiger partial charge in [-0.3, -0.25) is 12.2 Å². The van der Waals surface area contributed by atoms with E-state index in [1.165, 1.54) is 218 Å². The maximum absolute atomic E-state index is 3.67. The van der Waals surface area contributed by atoms with E-state index in [9.17, 15) is 0 Å². The Hall–Kier alpha value is -5.19. The topological polar surface area (TPSA) is 0 Å². The summed E-state index contributed by atoms with van der Waals surface area (Å²) in [5.74, 6) is 11.5. The van der Waals surface area contributed by atoms with E-state index in [4.69, 9.17) is 0 Å². The van der Waals surface area contributed by atoms with Gasteiger partial charge in [-0.05, 0) is 168 Å². The summed E-state index contributed by atoms with van der Waals surface area (Å²) >= 11 is 2.92. The maximum Gasteiger partial charge on any atom is -0.0407 e. The standard InChI is InChI=1S/2C21H25.2C21H26.2C16H21.2ClH.2Zr/c2*1-20(2,3)16-7-9-18-14(12-16)11-15-13-17(21(4,5)6)8-10-19(15)18;2*1-20(2,3)18-11-7-16(8-12-18)15-17-9-13-19(14-10-17)21(4,5)6;2*1-10-2-3-13(4-10)16-14-6-11-5-12(8-14)9-15(16)7-11;;;;/h2*7-10,12H,11H2,1-6H3;2*7-14H,1-6H3;2*3-4,10-12,14-16H,5-9H2,1H3;2*1H;;/q2*-1;;;2*-1;;;2*+2/p-2. The van der Waals surface area contributed by atoms with Crippen LogP contribution < -0.4 is 24.8 Å². The van der Waals surface area contributed by atoms with Gasteiger partial charge in [0.1, 0.15) is 0 Å². The van der Waals surface area contributed by atoms with E-state index in [2.05, 4.69) is 386 Å². The quantitative estimate of drug-likeness (QED) is 0.146. The van der Waals surface area contributed by atoms with Gasteiger partial charge in [-0.15, -0.1) is 22.3 Å². The van der Waals surface area contributed by atoms with Gasteiger partial charge in [0.15, 0.2) is 0 Å². The summed E-state index contributed by atoms with van der Waals surface area (Å²) in [6, 6.07) is 66.6. The molecule has 0 aromatic heterocycles. The zero-order valence-corrected chi connectivity index (χ0v) is 84.9. The van der Waals surface area contributed by atoms with Crippen molar-refractivity contribution < 1.29 is 73.3 Å². The monoisotopic (exact) mass is 1790 g/mol. The van der Waals surface area contributed by atoms with Gasteiger partial charge in [-0.2, -0.15) is 70.8 Å². The van der Waals surface area contributed by atoms with E-state index < -0.39 is 0 Å². The van der Waals surface area contributed by atoms with Crippen molar-refractivity contribution in [2.24, 2.45) is 71.0 Å². The predicted octanol–water partition coefficient (Wildman–Crippen LogP) is 24.1. The molecule has 8 bridgehead atoms. The first-order valence-electron chi connectivity index (χ1n) is 45.7. The van der Waals surface area contributed by atoms with Gasteiger partial charge in [0, 0.05) is 0 Å². The van der Waals surface area contributed by atoms with Crippen LogP contribution >= 0.6 is 0 Å². The summed E-state index contributed by atoms with van der Waals surface area (Å²) < 4.78 is 2.85. The minimum atomic E-state index is 0. The Balaban J connectivity index is 0.000000141. The molecule has 12 aliphatic rings. The van der Waals surface area contributed by atoms with Crippen molar-refractivity contribution in [3.63, 3.8) is 0 Å². The van der Waals surface area contributed by atoms with Crippen LogP contribution in [0.3, 0.4) is 0 Å². The maximum atomic E-state index is 3.67. The fraction of sp³-hybridized carbons (Fsp3) is 0.500. The third-order valence-corrected chi connectivity index (χ3v) is 31.1. The number of fused-ring (bicyclic) bond motifs is 6. The fourth-order valence-corrected chi connectivity index (χ4v) is 23.2. The number of rotatable bonds is 6. The first kappa shape index (κ1) is 95.5. The summed E-state index contributed by atoms with van der Waals surface area (Å²) in [4.78, 5) is 0. The van der Waals surface area contributed by atoms with E-state index in [0.717, 1.165) is 72.0 Å². The Morgan fingerprint density at radius 2 is 0.517 bits per heavy atom. The van der Waals surface area contributed by atoms with Crippen LogP contribution in [0.2, 0.25) is 0 Å². The van der Waals surface area contributed by atoms with Crippen molar-refractivity contribution in [2.45, 2.75) is 300 Å². The molecule has 8 aromatic carbocycles. The third kappa shape index (κ3) is 22.8. The largest absolute Gasteiger partial charge is 1.00 e. The second kappa shape index (κ2) is 37.4. The number of hydrogen-bond acceptors (Lipinski definition) is 0. The van der Waals surface area contributed by atoms with Gasteiger partial charge in [0.25, 0.3) is 0 Å². The molecule has 0 spiro atoms. The Morgan fingerprint density at radius 3 is 0.733 bits per heavy atom. The molecule has 8 fully saturated rings. The van der Waals surface area contributed by atoms with E-state index in [0.29, 0.717) is 11.8 Å². The van der Waals surface area contributed by atoms with Gasteiger partial charge in [0.05, 0.1) is 0 Å². The molecule has 12 aliphatic carbocycles. The SMILES string of the molecule is CC(C)(C)c1[c-]c2c(cc1)-c1ccc(C(C)(C)C)cc1C2.CC(C)(C)c1[c-]c2c(cc1)-c1ccc(C(C)(C)C)cc1C2.CC(C)(C)c1ccc([C](=[Zr+2])c2ccc(C(C)(C)C)cc2)cc1.CC(C)(C)c1ccc([C](=[Zr+2])c2ccc(C(C)(C)C)cc2)cc1.CC1[C-]=CC(C2C3CC4CC(C3)CC2C4)=C1.CC1[C-]=CC(C2C3CC4CC(C3)CC2C4)=C1.[Cl-].[Cl-]. The minimum absolute atomic E-state index is 0. The second-order valence-corrected chi connectivity index (χ2v) is 48.6. The Labute approximate surface area is 772 Å². The molecule has 0 radical (unpaired) electrons. The van der Waals surface area contributed by atoms with Crippen molar-refractivity contribution in [1.82, 2.24) is 0 Å². The van der Waals surface area contributed by atoms with Crippen molar-refractivity contribution in [3.05, 3.63) is 306 Å². The average molecular weight is 1790 g/mol. The van der Waals surface area contributed by atoms with E-state index >= 15 is 0 Å². The van der Waals surface area contributed by atoms with Crippen molar-refractivity contribution in [2.75, 3.05) is 0 Å². The van der Waals surface area contributed by atoms with Crippen molar-refractivity contribution in [3.8, 4) is 22.3 Å². The molecule has 2 atom stereocenters. The summed E-state index contributed by atoms with van der Waals surface area (Å²) in [6.07, 6.45) is 34.0. The molecule has 120 heavy (non-hydrogen) atoms. The second-order valence-electron chi connectivity index (χ2n) is 46.1. The van der Waals surface area contributed by atoms with Gasteiger partial charge in [-0.1, -0.05) is 168 Å². The molecular formula is C116H144Cl2Zr2-2. The van der Waals surface area contributed by atoms with Gasteiger partial charge in [0.2, 0.25) is 0 Å². The van der Waals surface area contributed by atoms with Crippen molar-refractivity contribution >= 4 is 6.41 Å². The van der Waals surface area contributed by atoms with Crippen LogP contribution in [0.5, 0.6) is 0 Å². The Kier molecular flexibility index (Phi) is 29.7. The Morgan fingerprint density at radius 1 is 0.283 bits per heavy atom. The molecule has 4 heteroatoms. The van der Waals surface area contributed by atoms with Crippen LogP contribution in [0.15, 0.2) is 193 Å². The molecule has 0 nitrogen and oxygen atoms in total. The molecule has 2 unspecified atom stereocenters. The van der Waals surface area contributed by atoms with E-state index in [1.54, 1.807) is 24.0 Å². The van der Waals surface area contributed by atoms with Crippen LogP contribution in [0, 0.1) is 95.3 Å². The molecule has 8 aromatic rings. The number of allylic oxidation sites excluding steroid dienone is 8. The van der Waals surface area contributed by atoms with Gasteiger partial charge < -0.3 is 24.8 Å². The zero-order chi connectivity index (χ0) is 85.3. The van der Waals surface area contributed by atoms with Crippen LogP contribution in [-0.2, 0) is 105 Å². The Bertz CT molecular complexity index is 4420. The normalized spacial score (nSPS) is 23.7. The smallest absolute Gasteiger partial charge is 0.0407 e. The molecule has 0 saturated heterocycles. The first-order valence-corrected chi connectivity index (χ1v) is 48.2. The molecule has 8 saturated carbocycles. The third-order valence-electron chi connectivity index (χ3n) is 28.2. The molecule has 20 rings (SSSR count). The average Bonchev–Trinajstić information content (AvgIpc) is 1.72. The van der Waals surface area contributed by atoms with Crippen LogP contribution in [0.1, 0.15) is 333 Å². The molecule has 0 N–H and O–H groups in total. The number of hydrogen-bond donors (Lipinski definition) is 0. The first-order chi connectivity index (χ1) is 55.1. The summed E-state index contributed by atoms with van der Waals surface area (Å²) in [7, 11) is 0. The molecule has 632 valence electrons. The minimum Gasteiger partial charge on any atom is -1.00 e. The van der Waals surface area contributed by atoms with Crippen LogP contribution in [0.4, 0.5) is 0 Å². The molecule has 0 heterocycles. The molecule has 0 amide bonds. The zero-order valence-electron chi connectivity index (χ0n) is 78.5. The van der Waals surface area contributed by atoms with Gasteiger partial charge >= 0.3 is 301 Å². The summed E-state index contributed by atoms with van der Waals surface area (Å²) in [5, 5.41) is 0. The fourth-order valence-electron chi connectivity index (χ4n) is 21.5. The van der Waals surface area contributed by atoms with E-state index in [1.807, 2.05) is 0 Å². The number of benzene rings is 8. The summed E-state index contributed by atoms with van der Waals surface area (Å²) in [6.45, 7) is 58.8. The van der Waals surface area contributed by atoms with Gasteiger partial charge in [-0.25, -0.2) is 12.2 Å². The number of halogens is 2. The predicted molar refractivity (Wildman–Crippen MR) is 500 cm³/mol.